The molecule has 1 aliphatic heterocycles. The summed E-state index contributed by atoms with van der Waals surface area (Å²) in [5.74, 6) is -1.54. The van der Waals surface area contributed by atoms with Crippen LogP contribution in [0.1, 0.15) is 10.4 Å². The van der Waals surface area contributed by atoms with Gasteiger partial charge in [-0.3, -0.25) is 9.48 Å². The highest BCUT2D eigenvalue weighted by molar-refractivity contribution is 5.95. The summed E-state index contributed by atoms with van der Waals surface area (Å²) in [6, 6.07) is 11.5. The highest BCUT2D eigenvalue weighted by Gasteiger charge is 2.27. The number of pyridine rings is 2. The van der Waals surface area contributed by atoms with Crippen LogP contribution < -0.4 is 4.90 Å². The number of hydrogen-bond donors (Lipinski definition) is 0. The lowest BCUT2D eigenvalue weighted by Crippen LogP contribution is -2.49. The SMILES string of the molecule is Cn1cc(-c2cc(-c3ccc(N4CCN(C(=O)c5c(F)cccc5F)CC4)nc3)c3ccnn3c2)cn1. The molecule has 5 aromatic rings. The van der Waals surface area contributed by atoms with Crippen molar-refractivity contribution >= 4 is 17.2 Å². The zero-order valence-corrected chi connectivity index (χ0v) is 20.1. The second kappa shape index (κ2) is 9.12. The van der Waals surface area contributed by atoms with E-state index in [2.05, 4.69) is 26.1 Å². The Morgan fingerprint density at radius 1 is 0.865 bits per heavy atom. The van der Waals surface area contributed by atoms with Crippen LogP contribution in [0.3, 0.4) is 0 Å². The third-order valence-electron chi connectivity index (χ3n) is 6.67. The van der Waals surface area contributed by atoms with E-state index in [0.29, 0.717) is 26.2 Å². The Kier molecular flexibility index (Phi) is 5.63. The monoisotopic (exact) mass is 499 g/mol. The Morgan fingerprint density at radius 2 is 1.65 bits per heavy atom. The summed E-state index contributed by atoms with van der Waals surface area (Å²) in [7, 11) is 1.88. The van der Waals surface area contributed by atoms with Crippen molar-refractivity contribution < 1.29 is 13.6 Å². The minimum Gasteiger partial charge on any atom is -0.353 e. The van der Waals surface area contributed by atoms with E-state index >= 15 is 0 Å². The van der Waals surface area contributed by atoms with Crippen LogP contribution >= 0.6 is 0 Å². The molecular formula is C27H23F2N7O. The minimum absolute atomic E-state index is 0.347. The molecule has 0 spiro atoms. The molecule has 8 nitrogen and oxygen atoms in total. The first kappa shape index (κ1) is 22.8. The van der Waals surface area contributed by atoms with E-state index < -0.39 is 23.1 Å². The van der Waals surface area contributed by atoms with Gasteiger partial charge in [0.25, 0.3) is 5.91 Å². The van der Waals surface area contributed by atoms with E-state index in [1.165, 1.54) is 11.0 Å². The molecule has 0 aliphatic carbocycles. The molecule has 0 bridgehead atoms. The first-order valence-electron chi connectivity index (χ1n) is 11.9. The highest BCUT2D eigenvalue weighted by atomic mass is 19.1. The summed E-state index contributed by atoms with van der Waals surface area (Å²) < 4.78 is 31.7. The molecule has 0 atom stereocenters. The lowest BCUT2D eigenvalue weighted by Gasteiger charge is -2.35. The molecule has 1 fully saturated rings. The number of carbonyl (C=O) groups is 1. The van der Waals surface area contributed by atoms with Gasteiger partial charge in [0.15, 0.2) is 0 Å². The molecule has 0 radical (unpaired) electrons. The largest absolute Gasteiger partial charge is 0.353 e. The summed E-state index contributed by atoms with van der Waals surface area (Å²) in [6.45, 7) is 1.72. The van der Waals surface area contributed by atoms with Crippen LogP contribution in [0.25, 0.3) is 27.8 Å². The van der Waals surface area contributed by atoms with Gasteiger partial charge in [0, 0.05) is 80.3 Å². The van der Waals surface area contributed by atoms with Crippen LogP contribution in [-0.4, -0.2) is 61.4 Å². The number of fused-ring (bicyclic) bond motifs is 1. The first-order valence-corrected chi connectivity index (χ1v) is 11.9. The van der Waals surface area contributed by atoms with Crippen LogP contribution in [0.2, 0.25) is 0 Å². The van der Waals surface area contributed by atoms with Crippen LogP contribution in [0.4, 0.5) is 14.6 Å². The van der Waals surface area contributed by atoms with Gasteiger partial charge in [-0.15, -0.1) is 0 Å². The number of halogens is 2. The maximum absolute atomic E-state index is 14.1. The average Bonchev–Trinajstić information content (AvgIpc) is 3.57. The summed E-state index contributed by atoms with van der Waals surface area (Å²) in [4.78, 5) is 20.9. The molecule has 0 N–H and O–H groups in total. The molecule has 37 heavy (non-hydrogen) atoms. The van der Waals surface area contributed by atoms with Gasteiger partial charge in [0.1, 0.15) is 23.0 Å². The molecule has 5 heterocycles. The average molecular weight is 500 g/mol. The maximum atomic E-state index is 14.1. The standard InChI is InChI=1S/C27H23F2N7O/c1-33-16-20(15-32-33)19-13-21(24-7-8-31-36(24)17-19)18-5-6-25(30-14-18)34-9-11-35(12-10-34)27(37)26-22(28)3-2-4-23(26)29/h2-8,13-17H,9-12H2,1H3. The van der Waals surface area contributed by atoms with Crippen molar-refractivity contribution in [1.29, 1.82) is 0 Å². The van der Waals surface area contributed by atoms with Gasteiger partial charge in [-0.2, -0.15) is 10.2 Å². The van der Waals surface area contributed by atoms with Gasteiger partial charge in [0.2, 0.25) is 0 Å². The van der Waals surface area contributed by atoms with E-state index in [-0.39, 0.29) is 0 Å². The molecule has 0 unspecified atom stereocenters. The number of amides is 1. The quantitative estimate of drug-likeness (QED) is 0.373. The molecule has 0 saturated carbocycles. The van der Waals surface area contributed by atoms with Crippen LogP contribution in [-0.2, 0) is 7.05 Å². The van der Waals surface area contributed by atoms with Crippen molar-refractivity contribution in [3.05, 3.63) is 90.6 Å². The summed E-state index contributed by atoms with van der Waals surface area (Å²) >= 11 is 0. The smallest absolute Gasteiger partial charge is 0.259 e. The number of aromatic nitrogens is 5. The van der Waals surface area contributed by atoms with Crippen LogP contribution in [0, 0.1) is 11.6 Å². The predicted molar refractivity (Wildman–Crippen MR) is 135 cm³/mol. The zero-order chi connectivity index (χ0) is 25.5. The number of carbonyl (C=O) groups excluding carboxylic acids is 1. The number of benzene rings is 1. The molecule has 1 amide bonds. The first-order chi connectivity index (χ1) is 18.0. The van der Waals surface area contributed by atoms with Gasteiger partial charge in [0.05, 0.1) is 11.7 Å². The molecule has 1 saturated heterocycles. The normalized spacial score (nSPS) is 13.9. The Balaban J connectivity index is 1.21. The number of aryl methyl sites for hydroxylation is 1. The predicted octanol–water partition coefficient (Wildman–Crippen LogP) is 4.04. The van der Waals surface area contributed by atoms with Gasteiger partial charge >= 0.3 is 0 Å². The molecule has 4 aromatic heterocycles. The fourth-order valence-electron chi connectivity index (χ4n) is 4.72. The van der Waals surface area contributed by atoms with Crippen LogP contribution in [0.5, 0.6) is 0 Å². The Hall–Kier alpha value is -4.60. The lowest BCUT2D eigenvalue weighted by molar-refractivity contribution is 0.0736. The summed E-state index contributed by atoms with van der Waals surface area (Å²) in [5, 5.41) is 8.70. The van der Waals surface area contributed by atoms with E-state index in [9.17, 15) is 13.6 Å². The fraction of sp³-hybridized carbons (Fsp3) is 0.185. The van der Waals surface area contributed by atoms with Gasteiger partial charge in [-0.25, -0.2) is 18.3 Å². The van der Waals surface area contributed by atoms with Crippen molar-refractivity contribution in [2.75, 3.05) is 31.1 Å². The van der Waals surface area contributed by atoms with Crippen LogP contribution in [0.15, 0.2) is 73.4 Å². The minimum atomic E-state index is -0.843. The Morgan fingerprint density at radius 3 is 2.32 bits per heavy atom. The molecule has 186 valence electrons. The lowest BCUT2D eigenvalue weighted by atomic mass is 10.0. The van der Waals surface area contributed by atoms with Crippen molar-refractivity contribution in [2.24, 2.45) is 7.05 Å². The van der Waals surface area contributed by atoms with E-state index in [1.807, 2.05) is 54.5 Å². The summed E-state index contributed by atoms with van der Waals surface area (Å²) in [5.41, 5.74) is 4.40. The molecule has 1 aliphatic rings. The maximum Gasteiger partial charge on any atom is 0.259 e. The third kappa shape index (κ3) is 4.20. The second-order valence-electron chi connectivity index (χ2n) is 8.99. The van der Waals surface area contributed by atoms with Crippen molar-refractivity contribution in [1.82, 2.24) is 29.3 Å². The topological polar surface area (TPSA) is 71.6 Å². The molecule has 6 rings (SSSR count). The van der Waals surface area contributed by atoms with Crippen molar-refractivity contribution in [2.45, 2.75) is 0 Å². The third-order valence-corrected chi connectivity index (χ3v) is 6.67. The molecule has 10 heteroatoms. The van der Waals surface area contributed by atoms with Gasteiger partial charge in [-0.05, 0) is 36.4 Å². The van der Waals surface area contributed by atoms with E-state index in [1.54, 1.807) is 10.9 Å². The van der Waals surface area contributed by atoms with E-state index in [0.717, 1.165) is 45.7 Å². The van der Waals surface area contributed by atoms with Gasteiger partial charge in [-0.1, -0.05) is 6.07 Å². The number of piperazine rings is 1. The molecule has 1 aromatic carbocycles. The van der Waals surface area contributed by atoms with Gasteiger partial charge < -0.3 is 9.80 Å². The second-order valence-corrected chi connectivity index (χ2v) is 8.99. The Labute approximate surface area is 211 Å². The highest BCUT2D eigenvalue weighted by Crippen LogP contribution is 2.30. The van der Waals surface area contributed by atoms with Crippen molar-refractivity contribution in [3.8, 4) is 22.3 Å². The molecular weight excluding hydrogens is 476 g/mol. The van der Waals surface area contributed by atoms with Crippen molar-refractivity contribution in [3.63, 3.8) is 0 Å². The number of anilines is 1. The number of hydrogen-bond acceptors (Lipinski definition) is 5. The fourth-order valence-corrected chi connectivity index (χ4v) is 4.72. The Bertz CT molecular complexity index is 1580. The summed E-state index contributed by atoms with van der Waals surface area (Å²) in [6.07, 6.45) is 9.35. The van der Waals surface area contributed by atoms with E-state index in [4.69, 9.17) is 0 Å². The number of rotatable bonds is 4. The zero-order valence-electron chi connectivity index (χ0n) is 20.1. The number of nitrogens with zero attached hydrogens (tertiary/aromatic N) is 7.